The summed E-state index contributed by atoms with van der Waals surface area (Å²) in [5, 5.41) is 12.8. The smallest absolute Gasteiger partial charge is 0.0483 e. The average molecular weight is 215 g/mol. The van der Waals surface area contributed by atoms with Crippen molar-refractivity contribution in [1.29, 1.82) is 0 Å². The third-order valence-corrected chi connectivity index (χ3v) is 3.31. The highest BCUT2D eigenvalue weighted by Crippen LogP contribution is 2.25. The van der Waals surface area contributed by atoms with E-state index in [2.05, 4.69) is 19.2 Å². The van der Waals surface area contributed by atoms with E-state index in [1.54, 1.807) is 0 Å². The van der Waals surface area contributed by atoms with Gasteiger partial charge in [-0.05, 0) is 32.6 Å². The molecule has 0 saturated carbocycles. The molecule has 15 heavy (non-hydrogen) atoms. The molecular weight excluding hydrogens is 190 g/mol. The molecule has 1 fully saturated rings. The van der Waals surface area contributed by atoms with E-state index in [4.69, 9.17) is 9.84 Å². The third-order valence-electron chi connectivity index (χ3n) is 3.31. The number of rotatable bonds is 6. The molecule has 3 heteroatoms. The van der Waals surface area contributed by atoms with Gasteiger partial charge < -0.3 is 15.2 Å². The van der Waals surface area contributed by atoms with Crippen LogP contribution in [0.15, 0.2) is 0 Å². The van der Waals surface area contributed by atoms with Crippen molar-refractivity contribution in [2.24, 2.45) is 0 Å². The predicted octanol–water partition coefficient (Wildman–Crippen LogP) is 1.70. The van der Waals surface area contributed by atoms with Crippen molar-refractivity contribution < 1.29 is 9.84 Å². The van der Waals surface area contributed by atoms with Gasteiger partial charge in [0.05, 0.1) is 0 Å². The summed E-state index contributed by atoms with van der Waals surface area (Å²) in [4.78, 5) is 0. The van der Waals surface area contributed by atoms with Crippen molar-refractivity contribution in [3.8, 4) is 0 Å². The Labute approximate surface area is 93.2 Å². The monoisotopic (exact) mass is 215 g/mol. The highest BCUT2D eigenvalue weighted by molar-refractivity contribution is 4.91. The van der Waals surface area contributed by atoms with Gasteiger partial charge in [0, 0.05) is 31.4 Å². The lowest BCUT2D eigenvalue weighted by Crippen LogP contribution is -2.53. The molecule has 1 heterocycles. The summed E-state index contributed by atoms with van der Waals surface area (Å²) in [6.07, 6.45) is 5.32. The van der Waals surface area contributed by atoms with Crippen molar-refractivity contribution in [3.05, 3.63) is 0 Å². The fraction of sp³-hybridized carbons (Fsp3) is 1.00. The Morgan fingerprint density at radius 3 is 2.60 bits per heavy atom. The number of nitrogens with one attached hydrogen (secondary N) is 1. The van der Waals surface area contributed by atoms with Crippen molar-refractivity contribution in [2.75, 3.05) is 19.8 Å². The van der Waals surface area contributed by atoms with E-state index in [-0.39, 0.29) is 12.1 Å². The van der Waals surface area contributed by atoms with Gasteiger partial charge in [0.2, 0.25) is 0 Å². The van der Waals surface area contributed by atoms with Crippen LogP contribution < -0.4 is 5.32 Å². The molecule has 2 N–H and O–H groups in total. The molecule has 0 radical (unpaired) electrons. The van der Waals surface area contributed by atoms with Gasteiger partial charge in [0.25, 0.3) is 0 Å². The van der Waals surface area contributed by atoms with E-state index in [1.165, 1.54) is 12.8 Å². The van der Waals surface area contributed by atoms with Crippen molar-refractivity contribution >= 4 is 0 Å². The normalized spacial score (nSPS) is 22.6. The minimum Gasteiger partial charge on any atom is -0.396 e. The molecule has 0 aromatic rings. The van der Waals surface area contributed by atoms with Gasteiger partial charge in [-0.2, -0.15) is 0 Å². The molecular formula is C12H25NO2. The molecule has 1 aliphatic heterocycles. The Morgan fingerprint density at radius 1 is 1.40 bits per heavy atom. The summed E-state index contributed by atoms with van der Waals surface area (Å²) in [5.41, 5.74) is 0.127. The summed E-state index contributed by atoms with van der Waals surface area (Å²) in [6.45, 7) is 6.36. The Bertz CT molecular complexity index is 161. The lowest BCUT2D eigenvalue weighted by molar-refractivity contribution is 0.0228. The van der Waals surface area contributed by atoms with Gasteiger partial charge >= 0.3 is 0 Å². The van der Waals surface area contributed by atoms with Crippen LogP contribution in [0.4, 0.5) is 0 Å². The lowest BCUT2D eigenvalue weighted by atomic mass is 9.86. The second kappa shape index (κ2) is 6.46. The minimum absolute atomic E-state index is 0.127. The summed E-state index contributed by atoms with van der Waals surface area (Å²) < 4.78 is 5.39. The molecule has 0 amide bonds. The van der Waals surface area contributed by atoms with Crippen LogP contribution in [0.25, 0.3) is 0 Å². The first-order valence-corrected chi connectivity index (χ1v) is 6.19. The second-order valence-corrected chi connectivity index (χ2v) is 4.70. The summed E-state index contributed by atoms with van der Waals surface area (Å²) in [7, 11) is 0. The zero-order valence-corrected chi connectivity index (χ0v) is 10.1. The van der Waals surface area contributed by atoms with Crippen LogP contribution in [0, 0.1) is 0 Å². The molecule has 90 valence electrons. The van der Waals surface area contributed by atoms with E-state index in [1.807, 2.05) is 0 Å². The van der Waals surface area contributed by atoms with Crippen LogP contribution in [0.5, 0.6) is 0 Å². The Morgan fingerprint density at radius 2 is 2.07 bits per heavy atom. The standard InChI is InChI=1S/C12H25NO2/c1-3-4-11(2)13-12(5-8-14)6-9-15-10-7-12/h11,13-14H,3-10H2,1-2H3/t11-/m1/s1. The first-order chi connectivity index (χ1) is 7.22. The number of hydrogen-bond acceptors (Lipinski definition) is 3. The topological polar surface area (TPSA) is 41.5 Å². The van der Waals surface area contributed by atoms with Crippen molar-refractivity contribution in [2.45, 2.75) is 57.5 Å². The van der Waals surface area contributed by atoms with Gasteiger partial charge in [-0.25, -0.2) is 0 Å². The quantitative estimate of drug-likeness (QED) is 0.708. The van der Waals surface area contributed by atoms with Gasteiger partial charge in [-0.1, -0.05) is 13.3 Å². The molecule has 0 bridgehead atoms. The molecule has 0 aromatic heterocycles. The summed E-state index contributed by atoms with van der Waals surface area (Å²) in [6, 6.07) is 0.541. The number of aliphatic hydroxyl groups is 1. The molecule has 0 spiro atoms. The van der Waals surface area contributed by atoms with Crippen LogP contribution in [0.3, 0.4) is 0 Å². The Hall–Kier alpha value is -0.120. The highest BCUT2D eigenvalue weighted by Gasteiger charge is 2.32. The minimum atomic E-state index is 0.127. The van der Waals surface area contributed by atoms with Crippen LogP contribution >= 0.6 is 0 Å². The maximum atomic E-state index is 9.15. The van der Waals surface area contributed by atoms with E-state index in [0.29, 0.717) is 6.04 Å². The molecule has 1 atom stereocenters. The van der Waals surface area contributed by atoms with Gasteiger partial charge in [0.1, 0.15) is 0 Å². The summed E-state index contributed by atoms with van der Waals surface area (Å²) >= 11 is 0. The van der Waals surface area contributed by atoms with Crippen LogP contribution in [-0.4, -0.2) is 36.5 Å². The lowest BCUT2D eigenvalue weighted by Gasteiger charge is -2.40. The number of aliphatic hydroxyl groups excluding tert-OH is 1. The van der Waals surface area contributed by atoms with Gasteiger partial charge in [0.15, 0.2) is 0 Å². The number of hydrogen-bond donors (Lipinski definition) is 2. The van der Waals surface area contributed by atoms with E-state index >= 15 is 0 Å². The van der Waals surface area contributed by atoms with Crippen molar-refractivity contribution in [3.63, 3.8) is 0 Å². The van der Waals surface area contributed by atoms with E-state index < -0.39 is 0 Å². The van der Waals surface area contributed by atoms with Crippen LogP contribution in [0.2, 0.25) is 0 Å². The van der Waals surface area contributed by atoms with Crippen molar-refractivity contribution in [1.82, 2.24) is 5.32 Å². The van der Waals surface area contributed by atoms with Crippen LogP contribution in [-0.2, 0) is 4.74 Å². The summed E-state index contributed by atoms with van der Waals surface area (Å²) in [5.74, 6) is 0. The second-order valence-electron chi connectivity index (χ2n) is 4.70. The van der Waals surface area contributed by atoms with E-state index in [9.17, 15) is 0 Å². The molecule has 3 nitrogen and oxygen atoms in total. The number of ether oxygens (including phenoxy) is 1. The van der Waals surface area contributed by atoms with Crippen LogP contribution in [0.1, 0.15) is 46.0 Å². The molecule has 0 aromatic carbocycles. The molecule has 0 unspecified atom stereocenters. The highest BCUT2D eigenvalue weighted by atomic mass is 16.5. The first kappa shape index (κ1) is 12.9. The molecule has 1 aliphatic rings. The fourth-order valence-corrected chi connectivity index (χ4v) is 2.47. The third kappa shape index (κ3) is 4.09. The zero-order valence-electron chi connectivity index (χ0n) is 10.1. The Balaban J connectivity index is 2.47. The molecule has 1 saturated heterocycles. The maximum absolute atomic E-state index is 9.15. The zero-order chi connectivity index (χ0) is 11.1. The largest absolute Gasteiger partial charge is 0.396 e. The fourth-order valence-electron chi connectivity index (χ4n) is 2.47. The van der Waals surface area contributed by atoms with Gasteiger partial charge in [-0.3, -0.25) is 0 Å². The van der Waals surface area contributed by atoms with E-state index in [0.717, 1.165) is 32.5 Å². The maximum Gasteiger partial charge on any atom is 0.0483 e. The SMILES string of the molecule is CCC[C@@H](C)NC1(CCO)CCOCC1. The predicted molar refractivity (Wildman–Crippen MR) is 62.0 cm³/mol. The first-order valence-electron chi connectivity index (χ1n) is 6.19. The Kier molecular flexibility index (Phi) is 5.58. The van der Waals surface area contributed by atoms with Gasteiger partial charge in [-0.15, -0.1) is 0 Å². The molecule has 1 rings (SSSR count). The molecule has 0 aliphatic carbocycles. The average Bonchev–Trinajstić information content (AvgIpc) is 2.19.